The first kappa shape index (κ1) is 11.6. The van der Waals surface area contributed by atoms with Crippen LogP contribution in [0.3, 0.4) is 0 Å². The molecule has 90 valence electrons. The van der Waals surface area contributed by atoms with Crippen molar-refractivity contribution in [1.29, 1.82) is 0 Å². The number of nitrogens with one attached hydrogen (secondary N) is 2. The molecule has 0 aromatic heterocycles. The lowest BCUT2D eigenvalue weighted by atomic mass is 10.1. The summed E-state index contributed by atoms with van der Waals surface area (Å²) in [6.45, 7) is 3.46. The van der Waals surface area contributed by atoms with Crippen LogP contribution in [0, 0.1) is 0 Å². The standard InChI is InChI=1S/C12H20N2O2/c15-12(8-11-2-1-7-16-11)14-9-10-3-5-13-6-4-10/h3,11,13H,1-2,4-9H2,(H,14,15). The summed E-state index contributed by atoms with van der Waals surface area (Å²) in [7, 11) is 0. The third-order valence-corrected chi connectivity index (χ3v) is 3.11. The fourth-order valence-corrected chi connectivity index (χ4v) is 2.13. The van der Waals surface area contributed by atoms with Crippen LogP contribution in [-0.2, 0) is 9.53 Å². The molecule has 1 fully saturated rings. The second kappa shape index (κ2) is 6.01. The van der Waals surface area contributed by atoms with Gasteiger partial charge >= 0.3 is 0 Å². The van der Waals surface area contributed by atoms with Crippen molar-refractivity contribution >= 4 is 5.91 Å². The molecule has 0 bridgehead atoms. The Morgan fingerprint density at radius 3 is 3.25 bits per heavy atom. The van der Waals surface area contributed by atoms with Crippen LogP contribution in [0.1, 0.15) is 25.7 Å². The lowest BCUT2D eigenvalue weighted by Gasteiger charge is -2.15. The monoisotopic (exact) mass is 224 g/mol. The zero-order valence-electron chi connectivity index (χ0n) is 9.63. The molecule has 2 rings (SSSR count). The van der Waals surface area contributed by atoms with E-state index in [1.165, 1.54) is 5.57 Å². The summed E-state index contributed by atoms with van der Waals surface area (Å²) in [5, 5.41) is 6.22. The number of carbonyl (C=O) groups is 1. The lowest BCUT2D eigenvalue weighted by Crippen LogP contribution is -2.31. The van der Waals surface area contributed by atoms with E-state index in [1.807, 2.05) is 0 Å². The van der Waals surface area contributed by atoms with Gasteiger partial charge in [0.15, 0.2) is 0 Å². The Bertz CT molecular complexity index is 270. The van der Waals surface area contributed by atoms with Crippen LogP contribution in [-0.4, -0.2) is 38.3 Å². The number of carbonyl (C=O) groups excluding carboxylic acids is 1. The Morgan fingerprint density at radius 1 is 1.62 bits per heavy atom. The van der Waals surface area contributed by atoms with Crippen molar-refractivity contribution < 1.29 is 9.53 Å². The summed E-state index contributed by atoms with van der Waals surface area (Å²) >= 11 is 0. The molecule has 0 radical (unpaired) electrons. The number of amides is 1. The van der Waals surface area contributed by atoms with E-state index < -0.39 is 0 Å². The average molecular weight is 224 g/mol. The maximum atomic E-state index is 11.6. The van der Waals surface area contributed by atoms with E-state index in [0.29, 0.717) is 13.0 Å². The summed E-state index contributed by atoms with van der Waals surface area (Å²) < 4.78 is 5.43. The van der Waals surface area contributed by atoms with E-state index in [1.54, 1.807) is 0 Å². The van der Waals surface area contributed by atoms with Gasteiger partial charge in [0.05, 0.1) is 12.5 Å². The van der Waals surface area contributed by atoms with Crippen LogP contribution in [0.2, 0.25) is 0 Å². The second-order valence-electron chi connectivity index (χ2n) is 4.43. The van der Waals surface area contributed by atoms with Gasteiger partial charge in [0, 0.05) is 19.7 Å². The molecular weight excluding hydrogens is 204 g/mol. The zero-order valence-corrected chi connectivity index (χ0v) is 9.63. The smallest absolute Gasteiger partial charge is 0.222 e. The Morgan fingerprint density at radius 2 is 2.56 bits per heavy atom. The predicted octanol–water partition coefficient (Wildman–Crippen LogP) is 0.591. The van der Waals surface area contributed by atoms with Crippen LogP contribution in [0.5, 0.6) is 0 Å². The predicted molar refractivity (Wildman–Crippen MR) is 62.2 cm³/mol. The molecular formula is C12H20N2O2. The molecule has 4 nitrogen and oxygen atoms in total. The van der Waals surface area contributed by atoms with Gasteiger partial charge in [0.1, 0.15) is 0 Å². The van der Waals surface area contributed by atoms with Crippen molar-refractivity contribution in [3.05, 3.63) is 11.6 Å². The molecule has 4 heteroatoms. The molecule has 0 aromatic carbocycles. The number of rotatable bonds is 4. The first-order chi connectivity index (χ1) is 7.84. The largest absolute Gasteiger partial charge is 0.378 e. The number of hydrogen-bond donors (Lipinski definition) is 2. The van der Waals surface area contributed by atoms with Crippen molar-refractivity contribution in [1.82, 2.24) is 10.6 Å². The number of ether oxygens (including phenoxy) is 1. The summed E-state index contributed by atoms with van der Waals surface area (Å²) in [4.78, 5) is 11.6. The Balaban J connectivity index is 1.64. The highest BCUT2D eigenvalue weighted by atomic mass is 16.5. The van der Waals surface area contributed by atoms with Gasteiger partial charge in [-0.2, -0.15) is 0 Å². The van der Waals surface area contributed by atoms with Gasteiger partial charge in [0.2, 0.25) is 5.91 Å². The summed E-state index contributed by atoms with van der Waals surface area (Å²) in [6, 6.07) is 0. The normalized spacial score (nSPS) is 25.2. The molecule has 2 N–H and O–H groups in total. The average Bonchev–Trinajstić information content (AvgIpc) is 2.81. The van der Waals surface area contributed by atoms with Gasteiger partial charge in [-0.1, -0.05) is 11.6 Å². The topological polar surface area (TPSA) is 50.4 Å². The second-order valence-corrected chi connectivity index (χ2v) is 4.43. The molecule has 1 amide bonds. The molecule has 1 saturated heterocycles. The van der Waals surface area contributed by atoms with E-state index in [-0.39, 0.29) is 12.0 Å². The lowest BCUT2D eigenvalue weighted by molar-refractivity contribution is -0.123. The van der Waals surface area contributed by atoms with Crippen LogP contribution in [0.4, 0.5) is 0 Å². The van der Waals surface area contributed by atoms with E-state index in [9.17, 15) is 4.79 Å². The third-order valence-electron chi connectivity index (χ3n) is 3.11. The quantitative estimate of drug-likeness (QED) is 0.687. The molecule has 0 spiro atoms. The van der Waals surface area contributed by atoms with Crippen molar-refractivity contribution in [3.8, 4) is 0 Å². The zero-order chi connectivity index (χ0) is 11.2. The molecule has 1 unspecified atom stereocenters. The van der Waals surface area contributed by atoms with Gasteiger partial charge in [-0.15, -0.1) is 0 Å². The SMILES string of the molecule is O=C(CC1CCCO1)NCC1=CCNCC1. The summed E-state index contributed by atoms with van der Waals surface area (Å²) in [5.41, 5.74) is 1.33. The first-order valence-corrected chi connectivity index (χ1v) is 6.11. The molecule has 2 heterocycles. The fraction of sp³-hybridized carbons (Fsp3) is 0.750. The minimum atomic E-state index is 0.117. The van der Waals surface area contributed by atoms with Gasteiger partial charge in [-0.25, -0.2) is 0 Å². The highest BCUT2D eigenvalue weighted by molar-refractivity contribution is 5.76. The molecule has 0 aliphatic carbocycles. The maximum Gasteiger partial charge on any atom is 0.222 e. The molecule has 1 atom stereocenters. The Labute approximate surface area is 96.4 Å². The molecule has 0 saturated carbocycles. The molecule has 2 aliphatic heterocycles. The Hall–Kier alpha value is -0.870. The van der Waals surface area contributed by atoms with E-state index in [2.05, 4.69) is 16.7 Å². The highest BCUT2D eigenvalue weighted by Gasteiger charge is 2.18. The first-order valence-electron chi connectivity index (χ1n) is 6.11. The van der Waals surface area contributed by atoms with Crippen molar-refractivity contribution in [2.45, 2.75) is 31.8 Å². The van der Waals surface area contributed by atoms with Crippen LogP contribution < -0.4 is 10.6 Å². The van der Waals surface area contributed by atoms with Crippen LogP contribution in [0.25, 0.3) is 0 Å². The van der Waals surface area contributed by atoms with Crippen LogP contribution in [0.15, 0.2) is 11.6 Å². The Kier molecular flexibility index (Phi) is 4.36. The summed E-state index contributed by atoms with van der Waals surface area (Å²) in [6.07, 6.45) is 6.00. The van der Waals surface area contributed by atoms with Gasteiger partial charge in [-0.3, -0.25) is 4.79 Å². The molecule has 2 aliphatic rings. The minimum Gasteiger partial charge on any atom is -0.378 e. The van der Waals surface area contributed by atoms with Gasteiger partial charge < -0.3 is 15.4 Å². The molecule has 16 heavy (non-hydrogen) atoms. The molecule has 0 aromatic rings. The minimum absolute atomic E-state index is 0.117. The van der Waals surface area contributed by atoms with Crippen molar-refractivity contribution in [2.75, 3.05) is 26.2 Å². The van der Waals surface area contributed by atoms with Crippen molar-refractivity contribution in [3.63, 3.8) is 0 Å². The van der Waals surface area contributed by atoms with E-state index >= 15 is 0 Å². The third kappa shape index (κ3) is 3.61. The van der Waals surface area contributed by atoms with Gasteiger partial charge in [0.25, 0.3) is 0 Å². The van der Waals surface area contributed by atoms with Crippen LogP contribution >= 0.6 is 0 Å². The number of hydrogen-bond acceptors (Lipinski definition) is 3. The fourth-order valence-electron chi connectivity index (χ4n) is 2.13. The van der Waals surface area contributed by atoms with Crippen molar-refractivity contribution in [2.24, 2.45) is 0 Å². The van der Waals surface area contributed by atoms with E-state index in [4.69, 9.17) is 4.74 Å². The summed E-state index contributed by atoms with van der Waals surface area (Å²) in [5.74, 6) is 0.117. The van der Waals surface area contributed by atoms with E-state index in [0.717, 1.165) is 39.0 Å². The highest BCUT2D eigenvalue weighted by Crippen LogP contribution is 2.14. The maximum absolute atomic E-state index is 11.6. The van der Waals surface area contributed by atoms with Gasteiger partial charge in [-0.05, 0) is 25.8 Å².